The van der Waals surface area contributed by atoms with Crippen LogP contribution in [0.4, 0.5) is 0 Å². The number of hydrogen-bond acceptors (Lipinski definition) is 4. The number of phenols is 2. The van der Waals surface area contributed by atoms with Crippen molar-refractivity contribution >= 4 is 11.8 Å². The maximum absolute atomic E-state index is 12.4. The van der Waals surface area contributed by atoms with E-state index < -0.39 is 0 Å². The Bertz CT molecular complexity index is 2180. The number of rotatable bonds is 8. The van der Waals surface area contributed by atoms with Gasteiger partial charge in [0.2, 0.25) is 0 Å². The van der Waals surface area contributed by atoms with Crippen LogP contribution in [-0.2, 0) is 36.7 Å². The fourth-order valence-electron chi connectivity index (χ4n) is 14.6. The second-order valence-electron chi connectivity index (χ2n) is 19.9. The van der Waals surface area contributed by atoms with Gasteiger partial charge in [0.25, 0.3) is 0 Å². The molecule has 8 fully saturated rings. The maximum Gasteiger partial charge on any atom is 0.127 e. The molecule has 8 aliphatic rings. The van der Waals surface area contributed by atoms with E-state index in [1.807, 2.05) is 11.8 Å². The zero-order chi connectivity index (χ0) is 38.6. The van der Waals surface area contributed by atoms with E-state index in [2.05, 4.69) is 106 Å². The van der Waals surface area contributed by atoms with Crippen LogP contribution < -0.4 is 0 Å². The minimum Gasteiger partial charge on any atom is -0.507 e. The number of nitrogens with zero attached hydrogens (tertiary/aromatic N) is 1. The van der Waals surface area contributed by atoms with E-state index in [4.69, 9.17) is 4.98 Å². The van der Waals surface area contributed by atoms with E-state index in [0.717, 1.165) is 86.0 Å². The first-order valence-electron chi connectivity index (χ1n) is 22.2. The SMILES string of the molecule is CCSc1cc(-c2ccccc2-c2cc(C)cc(C34CC5CC(CC(C5)C3)C4)c2O)nc(-c2ccccc2-c2cc(C)cc(C34CC5CC(CC(C5)C3)C4)c2O)c1.[CH3-].[CH3-].[Hf]. The number of aromatic nitrogens is 1. The van der Waals surface area contributed by atoms with Crippen LogP contribution in [0.25, 0.3) is 44.8 Å². The Morgan fingerprint density at radius 2 is 0.850 bits per heavy atom. The van der Waals surface area contributed by atoms with E-state index in [-0.39, 0.29) is 51.5 Å². The van der Waals surface area contributed by atoms with Gasteiger partial charge >= 0.3 is 0 Å². The Kier molecular flexibility index (Phi) is 12.0. The quantitative estimate of drug-likeness (QED) is 0.0924. The molecule has 0 atom stereocenters. The van der Waals surface area contributed by atoms with Gasteiger partial charge in [-0.3, -0.25) is 0 Å². The summed E-state index contributed by atoms with van der Waals surface area (Å²) < 4.78 is 0. The van der Waals surface area contributed by atoms with Crippen molar-refractivity contribution in [2.75, 3.05) is 5.75 Å². The van der Waals surface area contributed by atoms with Crippen molar-refractivity contribution in [3.63, 3.8) is 0 Å². The van der Waals surface area contributed by atoms with E-state index in [9.17, 15) is 10.2 Å². The third-order valence-corrected chi connectivity index (χ3v) is 16.7. The number of aromatic hydroxyl groups is 2. The molecule has 5 aromatic rings. The second kappa shape index (κ2) is 16.5. The number of benzene rings is 4. The number of thioether (sulfide) groups is 1. The van der Waals surface area contributed by atoms with Crippen molar-refractivity contribution in [3.8, 4) is 56.3 Å². The standard InChI is InChI=1S/C53H57NO2S.2CH3.Hf/c1-4-57-39-23-48(42-11-7-5-9-40(42)44-13-31(2)15-46(50(44)55)52-25-33-17-34(26-52)19-35(18-33)27-52)54-49(24-39)43-12-8-6-10-41(43)45-14-32(3)16-47(51(45)56)53-28-36-20-37(29-53)22-38(21-36)30-53;;;/h5-16,23-24,33-38,55-56H,4,17-22,25-30H2,1-3H3;2*1H3;/q;2*-1;. The molecular weight excluding hydrogens is 917 g/mol. The van der Waals surface area contributed by atoms with Gasteiger partial charge in [-0.1, -0.05) is 67.6 Å². The fraction of sp³-hybridized carbons (Fsp3) is 0.436. The fourth-order valence-corrected chi connectivity index (χ4v) is 15.3. The topological polar surface area (TPSA) is 53.4 Å². The average molecular weight is 981 g/mol. The van der Waals surface area contributed by atoms with Crippen LogP contribution in [0.5, 0.6) is 11.5 Å². The zero-order valence-electron chi connectivity index (χ0n) is 36.5. The molecule has 0 spiro atoms. The van der Waals surface area contributed by atoms with Gasteiger partial charge in [-0.15, -0.1) is 11.8 Å². The number of aryl methyl sites for hydroxylation is 2. The molecule has 3 nitrogen and oxygen atoms in total. The van der Waals surface area contributed by atoms with Crippen molar-refractivity contribution in [1.82, 2.24) is 4.98 Å². The summed E-state index contributed by atoms with van der Waals surface area (Å²) in [6, 6.07) is 30.7. The van der Waals surface area contributed by atoms with Crippen LogP contribution in [0.1, 0.15) is 106 Å². The van der Waals surface area contributed by atoms with Crippen LogP contribution in [0.3, 0.4) is 0 Å². The van der Waals surface area contributed by atoms with E-state index in [1.54, 1.807) is 0 Å². The van der Waals surface area contributed by atoms with Gasteiger partial charge in [0, 0.05) is 64.1 Å². The Morgan fingerprint density at radius 1 is 0.517 bits per heavy atom. The van der Waals surface area contributed by atoms with Gasteiger partial charge in [-0.25, -0.2) is 4.98 Å². The predicted molar refractivity (Wildman–Crippen MR) is 248 cm³/mol. The summed E-state index contributed by atoms with van der Waals surface area (Å²) in [5.74, 6) is 6.75. The molecule has 0 radical (unpaired) electrons. The molecule has 13 rings (SSSR count). The summed E-state index contributed by atoms with van der Waals surface area (Å²) in [5.41, 5.74) is 12.8. The largest absolute Gasteiger partial charge is 0.507 e. The molecule has 8 bridgehead atoms. The van der Waals surface area contributed by atoms with Crippen molar-refractivity contribution < 1.29 is 36.1 Å². The minimum absolute atomic E-state index is 0. The van der Waals surface area contributed by atoms with Crippen molar-refractivity contribution in [1.29, 1.82) is 0 Å². The number of phenolic OH excluding ortho intramolecular Hbond substituents is 2. The summed E-state index contributed by atoms with van der Waals surface area (Å²) in [6.07, 6.45) is 15.6. The van der Waals surface area contributed by atoms with Crippen LogP contribution in [0.2, 0.25) is 0 Å². The zero-order valence-corrected chi connectivity index (χ0v) is 40.9. The Morgan fingerprint density at radius 3 is 1.18 bits per heavy atom. The van der Waals surface area contributed by atoms with E-state index >= 15 is 0 Å². The third-order valence-electron chi connectivity index (χ3n) is 15.8. The summed E-state index contributed by atoms with van der Waals surface area (Å²) in [5, 5.41) is 24.8. The molecule has 2 N–H and O–H groups in total. The van der Waals surface area contributed by atoms with E-state index in [0.29, 0.717) is 11.5 Å². The summed E-state index contributed by atoms with van der Waals surface area (Å²) in [6.45, 7) is 6.62. The normalized spacial score (nSPS) is 29.1. The molecule has 60 heavy (non-hydrogen) atoms. The molecular formula is C55H63HfNO2S-2. The molecule has 8 saturated carbocycles. The molecule has 312 valence electrons. The number of pyridine rings is 1. The van der Waals surface area contributed by atoms with Gasteiger partial charge in [0.1, 0.15) is 11.5 Å². The molecule has 1 aromatic heterocycles. The molecule has 0 saturated heterocycles. The van der Waals surface area contributed by atoms with Gasteiger partial charge in [0.05, 0.1) is 11.4 Å². The molecule has 0 unspecified atom stereocenters. The molecule has 1 heterocycles. The van der Waals surface area contributed by atoms with Crippen molar-refractivity contribution in [3.05, 3.63) is 122 Å². The smallest absolute Gasteiger partial charge is 0.127 e. The van der Waals surface area contributed by atoms with Crippen molar-refractivity contribution in [2.24, 2.45) is 35.5 Å². The average Bonchev–Trinajstić information content (AvgIpc) is 3.18. The Labute approximate surface area is 383 Å². The second-order valence-corrected chi connectivity index (χ2v) is 21.2. The first-order valence-corrected chi connectivity index (χ1v) is 23.2. The summed E-state index contributed by atoms with van der Waals surface area (Å²) in [4.78, 5) is 6.68. The van der Waals surface area contributed by atoms with Gasteiger partial charge in [-0.05, 0) is 190 Å². The minimum atomic E-state index is 0. The van der Waals surface area contributed by atoms with Crippen LogP contribution in [-0.4, -0.2) is 20.9 Å². The first-order chi connectivity index (χ1) is 27.7. The van der Waals surface area contributed by atoms with Crippen LogP contribution >= 0.6 is 11.8 Å². The van der Waals surface area contributed by atoms with Crippen LogP contribution in [0.15, 0.2) is 89.8 Å². The van der Waals surface area contributed by atoms with Gasteiger partial charge in [-0.2, -0.15) is 0 Å². The summed E-state index contributed by atoms with van der Waals surface area (Å²) >= 11 is 1.84. The van der Waals surface area contributed by atoms with E-state index in [1.165, 1.54) is 104 Å². The summed E-state index contributed by atoms with van der Waals surface area (Å²) in [7, 11) is 0. The predicted octanol–water partition coefficient (Wildman–Crippen LogP) is 14.7. The monoisotopic (exact) mass is 981 g/mol. The molecule has 5 heteroatoms. The molecule has 4 aromatic carbocycles. The van der Waals surface area contributed by atoms with Gasteiger partial charge in [0.15, 0.2) is 0 Å². The third kappa shape index (κ3) is 7.28. The molecule has 0 amide bonds. The molecule has 0 aliphatic heterocycles. The number of hydrogen-bond donors (Lipinski definition) is 2. The Hall–Kier alpha value is -3.15. The first kappa shape index (κ1) is 43.5. The van der Waals surface area contributed by atoms with Gasteiger partial charge < -0.3 is 25.1 Å². The Balaban J connectivity index is 0.00000166. The molecule has 8 aliphatic carbocycles. The maximum atomic E-state index is 12.4. The van der Waals surface area contributed by atoms with Crippen molar-refractivity contribution in [2.45, 2.75) is 114 Å². The van der Waals surface area contributed by atoms with Crippen LogP contribution in [0, 0.1) is 64.2 Å².